The number of ether oxygens (including phenoxy) is 1. The lowest BCUT2D eigenvalue weighted by Crippen LogP contribution is -2.36. The summed E-state index contributed by atoms with van der Waals surface area (Å²) in [5, 5.41) is 3.22. The summed E-state index contributed by atoms with van der Waals surface area (Å²) in [7, 11) is 0. The summed E-state index contributed by atoms with van der Waals surface area (Å²) in [5.41, 5.74) is 0.781. The number of carbonyl (C=O) groups excluding carboxylic acids is 2. The minimum absolute atomic E-state index is 0.0813. The number of carbonyl (C=O) groups is 2. The number of fused-ring (bicyclic) bond motifs is 1. The highest BCUT2D eigenvalue weighted by atomic mass is 32.1. The molecule has 0 saturated carbocycles. The van der Waals surface area contributed by atoms with Gasteiger partial charge in [0, 0.05) is 13.1 Å². The maximum Gasteiger partial charge on any atom is 0.266 e. The molecule has 0 bridgehead atoms. The van der Waals surface area contributed by atoms with E-state index < -0.39 is 0 Å². The van der Waals surface area contributed by atoms with Crippen molar-refractivity contribution < 1.29 is 14.3 Å². The number of para-hydroxylation sites is 2. The quantitative estimate of drug-likeness (QED) is 0.578. The fourth-order valence-electron chi connectivity index (χ4n) is 3.34. The zero-order valence-corrected chi connectivity index (χ0v) is 18.9. The number of aryl methyl sites for hydroxylation is 1. The number of nitrogens with zero attached hydrogens (tertiary/aromatic N) is 3. The van der Waals surface area contributed by atoms with E-state index in [9.17, 15) is 14.4 Å². The Kier molecular flexibility index (Phi) is 7.06. The molecule has 0 radical (unpaired) electrons. The number of aromatic nitrogens is 2. The van der Waals surface area contributed by atoms with Crippen LogP contribution in [-0.2, 0) is 11.3 Å². The second kappa shape index (κ2) is 9.74. The van der Waals surface area contributed by atoms with Crippen molar-refractivity contribution in [1.82, 2.24) is 14.5 Å². The van der Waals surface area contributed by atoms with Crippen LogP contribution in [0, 0.1) is 6.92 Å². The lowest BCUT2D eigenvalue weighted by molar-refractivity contribution is -0.131. The van der Waals surface area contributed by atoms with Gasteiger partial charge in [-0.05, 0) is 45.4 Å². The van der Waals surface area contributed by atoms with Crippen molar-refractivity contribution in [3.63, 3.8) is 0 Å². The van der Waals surface area contributed by atoms with Crippen LogP contribution < -0.4 is 15.6 Å². The van der Waals surface area contributed by atoms with E-state index in [0.717, 1.165) is 11.3 Å². The minimum atomic E-state index is -0.335. The fraction of sp³-hybridized carbons (Fsp3) is 0.364. The third kappa shape index (κ3) is 4.61. The summed E-state index contributed by atoms with van der Waals surface area (Å²) in [5.74, 6) is 0.0944. The molecule has 2 heterocycles. The number of rotatable bonds is 8. The number of hydrogen-bond acceptors (Lipinski definition) is 6. The van der Waals surface area contributed by atoms with E-state index in [1.54, 1.807) is 24.0 Å². The van der Waals surface area contributed by atoms with Gasteiger partial charge < -0.3 is 15.0 Å². The van der Waals surface area contributed by atoms with Crippen molar-refractivity contribution in [1.29, 1.82) is 0 Å². The van der Waals surface area contributed by atoms with Crippen LogP contribution in [-0.4, -0.2) is 46.0 Å². The molecule has 1 N–H and O–H groups in total. The average molecular weight is 443 g/mol. The summed E-state index contributed by atoms with van der Waals surface area (Å²) >= 11 is 1.15. The molecule has 8 nitrogen and oxygen atoms in total. The van der Waals surface area contributed by atoms with E-state index in [-0.39, 0.29) is 23.9 Å². The third-order valence-electron chi connectivity index (χ3n) is 4.98. The predicted molar refractivity (Wildman–Crippen MR) is 122 cm³/mol. The molecule has 2 aromatic heterocycles. The minimum Gasteiger partial charge on any atom is -0.492 e. The molecule has 3 aromatic rings. The Bertz CT molecular complexity index is 1160. The van der Waals surface area contributed by atoms with Gasteiger partial charge >= 0.3 is 0 Å². The zero-order chi connectivity index (χ0) is 22.5. The molecule has 0 unspecified atom stereocenters. The van der Waals surface area contributed by atoms with Crippen molar-refractivity contribution in [3.8, 4) is 5.75 Å². The lowest BCUT2D eigenvalue weighted by Gasteiger charge is -2.18. The molecule has 0 spiro atoms. The van der Waals surface area contributed by atoms with Gasteiger partial charge in [0.2, 0.25) is 5.91 Å². The Morgan fingerprint density at radius 1 is 1.19 bits per heavy atom. The first-order chi connectivity index (χ1) is 14.9. The summed E-state index contributed by atoms with van der Waals surface area (Å²) in [6.45, 7) is 8.92. The maximum atomic E-state index is 13.0. The molecule has 0 saturated heterocycles. The van der Waals surface area contributed by atoms with Gasteiger partial charge in [-0.1, -0.05) is 12.1 Å². The molecular weight excluding hydrogens is 416 g/mol. The van der Waals surface area contributed by atoms with Crippen LogP contribution in [0.4, 0.5) is 5.69 Å². The summed E-state index contributed by atoms with van der Waals surface area (Å²) < 4.78 is 6.86. The van der Waals surface area contributed by atoms with Gasteiger partial charge in [0.25, 0.3) is 11.5 Å². The van der Waals surface area contributed by atoms with Gasteiger partial charge in [-0.2, -0.15) is 0 Å². The number of thiophene rings is 1. The van der Waals surface area contributed by atoms with Crippen LogP contribution in [0.2, 0.25) is 0 Å². The van der Waals surface area contributed by atoms with Gasteiger partial charge in [0.1, 0.15) is 17.1 Å². The summed E-state index contributed by atoms with van der Waals surface area (Å²) in [6.07, 6.45) is 1.37. The van der Waals surface area contributed by atoms with E-state index >= 15 is 0 Å². The second-order valence-electron chi connectivity index (χ2n) is 6.86. The molecule has 3 rings (SSSR count). The first-order valence-electron chi connectivity index (χ1n) is 10.2. The number of hydrogen-bond donors (Lipinski definition) is 1. The van der Waals surface area contributed by atoms with Crippen molar-refractivity contribution in [2.75, 3.05) is 25.0 Å². The zero-order valence-electron chi connectivity index (χ0n) is 18.1. The monoisotopic (exact) mass is 442 g/mol. The molecule has 0 aliphatic carbocycles. The van der Waals surface area contributed by atoms with Crippen molar-refractivity contribution >= 4 is 39.1 Å². The van der Waals surface area contributed by atoms with E-state index in [2.05, 4.69) is 10.3 Å². The summed E-state index contributed by atoms with van der Waals surface area (Å²) in [6, 6.07) is 7.18. The van der Waals surface area contributed by atoms with Gasteiger partial charge in [0.15, 0.2) is 0 Å². The number of benzene rings is 1. The van der Waals surface area contributed by atoms with Crippen LogP contribution in [0.15, 0.2) is 35.4 Å². The molecule has 31 heavy (non-hydrogen) atoms. The van der Waals surface area contributed by atoms with Crippen LogP contribution in [0.25, 0.3) is 10.2 Å². The van der Waals surface area contributed by atoms with E-state index in [1.807, 2.05) is 32.9 Å². The Morgan fingerprint density at radius 2 is 1.90 bits per heavy atom. The predicted octanol–water partition coefficient (Wildman–Crippen LogP) is 3.29. The largest absolute Gasteiger partial charge is 0.492 e. The van der Waals surface area contributed by atoms with Crippen molar-refractivity contribution in [3.05, 3.63) is 51.4 Å². The van der Waals surface area contributed by atoms with Crippen LogP contribution in [0.1, 0.15) is 36.0 Å². The number of anilines is 1. The highest BCUT2D eigenvalue weighted by Crippen LogP contribution is 2.29. The standard InChI is InChI=1S/C22H26N4O4S/c1-5-25(6-2)17(27)12-26-13-23-21-18(22(26)29)14(4)19(31-21)20(28)24-15-10-8-9-11-16(15)30-7-3/h8-11,13H,5-7,12H2,1-4H3,(H,24,28). The molecule has 0 fully saturated rings. The third-order valence-corrected chi connectivity index (χ3v) is 6.18. The molecule has 9 heteroatoms. The van der Waals surface area contributed by atoms with Crippen LogP contribution in [0.3, 0.4) is 0 Å². The van der Waals surface area contributed by atoms with Crippen molar-refractivity contribution in [2.45, 2.75) is 34.2 Å². The number of likely N-dealkylation sites (N-methyl/N-ethyl adjacent to an activating group) is 1. The van der Waals surface area contributed by atoms with Crippen molar-refractivity contribution in [2.24, 2.45) is 0 Å². The lowest BCUT2D eigenvalue weighted by atomic mass is 10.2. The molecule has 0 aliphatic rings. The summed E-state index contributed by atoms with van der Waals surface area (Å²) in [4.78, 5) is 45.2. The van der Waals surface area contributed by atoms with Gasteiger partial charge in [-0.15, -0.1) is 11.3 Å². The Morgan fingerprint density at radius 3 is 2.58 bits per heavy atom. The van der Waals surface area contributed by atoms with Gasteiger partial charge in [0.05, 0.1) is 28.9 Å². The molecule has 2 amide bonds. The Balaban J connectivity index is 1.93. The first kappa shape index (κ1) is 22.5. The topological polar surface area (TPSA) is 93.5 Å². The van der Waals surface area contributed by atoms with E-state index in [0.29, 0.717) is 51.8 Å². The number of amides is 2. The fourth-order valence-corrected chi connectivity index (χ4v) is 4.38. The van der Waals surface area contributed by atoms with Crippen LogP contribution >= 0.6 is 11.3 Å². The Labute approximate surface area is 184 Å². The smallest absolute Gasteiger partial charge is 0.266 e. The van der Waals surface area contributed by atoms with Gasteiger partial charge in [-0.3, -0.25) is 19.0 Å². The normalized spacial score (nSPS) is 10.8. The molecule has 0 aliphatic heterocycles. The maximum absolute atomic E-state index is 13.0. The second-order valence-corrected chi connectivity index (χ2v) is 7.86. The molecule has 0 atom stereocenters. The highest BCUT2D eigenvalue weighted by molar-refractivity contribution is 7.20. The highest BCUT2D eigenvalue weighted by Gasteiger charge is 2.21. The average Bonchev–Trinajstić information content (AvgIpc) is 3.10. The van der Waals surface area contributed by atoms with Crippen LogP contribution in [0.5, 0.6) is 5.75 Å². The molecular formula is C22H26N4O4S. The molecule has 164 valence electrons. The van der Waals surface area contributed by atoms with Gasteiger partial charge in [-0.25, -0.2) is 4.98 Å². The molecule has 1 aromatic carbocycles. The van der Waals surface area contributed by atoms with E-state index in [4.69, 9.17) is 4.74 Å². The number of nitrogens with one attached hydrogen (secondary N) is 1. The first-order valence-corrected chi connectivity index (χ1v) is 11.0. The Hall–Kier alpha value is -3.20. The SMILES string of the molecule is CCOc1ccccc1NC(=O)c1sc2ncn(CC(=O)N(CC)CC)c(=O)c2c1C. The van der Waals surface area contributed by atoms with E-state index in [1.165, 1.54) is 10.9 Å².